The second kappa shape index (κ2) is 7.97. The zero-order valence-corrected chi connectivity index (χ0v) is 16.9. The van der Waals surface area contributed by atoms with Crippen LogP contribution in [0.5, 0.6) is 0 Å². The zero-order valence-electron chi connectivity index (χ0n) is 16.9. The molecule has 0 saturated heterocycles. The van der Waals surface area contributed by atoms with E-state index in [9.17, 15) is 19.7 Å². The van der Waals surface area contributed by atoms with Crippen LogP contribution in [0.4, 0.5) is 5.69 Å². The minimum atomic E-state index is -0.516. The molecule has 3 heterocycles. The van der Waals surface area contributed by atoms with Crippen molar-refractivity contribution in [1.82, 2.24) is 28.8 Å². The van der Waals surface area contributed by atoms with Crippen LogP contribution in [-0.4, -0.2) is 33.7 Å². The summed E-state index contributed by atoms with van der Waals surface area (Å²) >= 11 is 0. The summed E-state index contributed by atoms with van der Waals surface area (Å²) in [6, 6.07) is 5.87. The number of nitrogens with zero attached hydrogens (tertiary/aromatic N) is 7. The van der Waals surface area contributed by atoms with Gasteiger partial charge in [-0.25, -0.2) is 9.78 Å². The predicted molar refractivity (Wildman–Crippen MR) is 109 cm³/mol. The topological polar surface area (TPSA) is 144 Å². The van der Waals surface area contributed by atoms with E-state index < -0.39 is 16.2 Å². The summed E-state index contributed by atoms with van der Waals surface area (Å²) in [7, 11) is 0. The molecule has 12 nitrogen and oxygen atoms in total. The van der Waals surface area contributed by atoms with Crippen LogP contribution in [0, 0.1) is 10.1 Å². The molecule has 4 rings (SSSR count). The van der Waals surface area contributed by atoms with Crippen molar-refractivity contribution in [1.29, 1.82) is 0 Å². The Bertz CT molecular complexity index is 1380. The summed E-state index contributed by atoms with van der Waals surface area (Å²) < 4.78 is 9.18. The number of hydrogen-bond acceptors (Lipinski definition) is 8. The lowest BCUT2D eigenvalue weighted by Crippen LogP contribution is -2.40. The summed E-state index contributed by atoms with van der Waals surface area (Å²) in [5.41, 5.74) is -0.374. The number of aromatic nitrogens is 6. The van der Waals surface area contributed by atoms with Gasteiger partial charge in [0.25, 0.3) is 11.2 Å². The van der Waals surface area contributed by atoms with Gasteiger partial charge >= 0.3 is 5.69 Å². The van der Waals surface area contributed by atoms with Gasteiger partial charge in [0.2, 0.25) is 5.89 Å². The molecule has 31 heavy (non-hydrogen) atoms. The van der Waals surface area contributed by atoms with E-state index in [0.29, 0.717) is 24.5 Å². The van der Waals surface area contributed by atoms with Crippen molar-refractivity contribution in [3.63, 3.8) is 0 Å². The molecule has 0 atom stereocenters. The standard InChI is InChI=1S/C19H19N7O5/c1-3-8-24-18(27)16-17(23(4-2)19(24)28)22-14(10-15-20-11-21-31-15)25(16)12-6-5-7-13(9-12)26(29)30/h5-7,9,11H,3-4,8,10H2,1-2H3. The van der Waals surface area contributed by atoms with Crippen molar-refractivity contribution in [3.8, 4) is 5.69 Å². The summed E-state index contributed by atoms with van der Waals surface area (Å²) in [6.45, 7) is 4.19. The Morgan fingerprint density at radius 3 is 2.65 bits per heavy atom. The van der Waals surface area contributed by atoms with Crippen molar-refractivity contribution in [2.75, 3.05) is 0 Å². The van der Waals surface area contributed by atoms with Gasteiger partial charge in [-0.05, 0) is 19.4 Å². The largest absolute Gasteiger partial charge is 0.339 e. The maximum atomic E-state index is 13.3. The van der Waals surface area contributed by atoms with Crippen LogP contribution >= 0.6 is 0 Å². The average Bonchev–Trinajstić information content (AvgIpc) is 3.40. The number of imidazole rings is 1. The molecule has 0 aliphatic rings. The molecular formula is C19H19N7O5. The number of benzene rings is 1. The van der Waals surface area contributed by atoms with Crippen molar-refractivity contribution in [3.05, 3.63) is 73.3 Å². The average molecular weight is 425 g/mol. The number of nitro groups is 1. The van der Waals surface area contributed by atoms with Crippen LogP contribution < -0.4 is 11.2 Å². The van der Waals surface area contributed by atoms with Gasteiger partial charge < -0.3 is 4.52 Å². The molecule has 0 aliphatic heterocycles. The van der Waals surface area contributed by atoms with Gasteiger partial charge in [0.05, 0.1) is 17.0 Å². The summed E-state index contributed by atoms with van der Waals surface area (Å²) in [6.07, 6.45) is 1.90. The molecule has 3 aromatic heterocycles. The molecule has 4 aromatic rings. The van der Waals surface area contributed by atoms with Crippen LogP contribution in [0.3, 0.4) is 0 Å². The van der Waals surface area contributed by atoms with Crippen molar-refractivity contribution < 1.29 is 9.45 Å². The van der Waals surface area contributed by atoms with Crippen LogP contribution in [0.2, 0.25) is 0 Å². The highest BCUT2D eigenvalue weighted by Gasteiger charge is 2.23. The Labute approximate surface area is 174 Å². The van der Waals surface area contributed by atoms with Gasteiger partial charge in [-0.2, -0.15) is 4.98 Å². The first kappa shape index (κ1) is 20.2. The fraction of sp³-hybridized carbons (Fsp3) is 0.316. The second-order valence-corrected chi connectivity index (χ2v) is 6.81. The maximum absolute atomic E-state index is 13.3. The van der Waals surface area contributed by atoms with Gasteiger partial charge in [-0.15, -0.1) is 0 Å². The van der Waals surface area contributed by atoms with E-state index in [2.05, 4.69) is 15.1 Å². The van der Waals surface area contributed by atoms with Gasteiger partial charge in [0.15, 0.2) is 17.5 Å². The van der Waals surface area contributed by atoms with E-state index in [1.165, 1.54) is 33.7 Å². The van der Waals surface area contributed by atoms with E-state index in [-0.39, 0.29) is 35.7 Å². The highest BCUT2D eigenvalue weighted by Crippen LogP contribution is 2.23. The quantitative estimate of drug-likeness (QED) is 0.321. The van der Waals surface area contributed by atoms with E-state index in [4.69, 9.17) is 4.52 Å². The molecule has 0 bridgehead atoms. The fourth-order valence-corrected chi connectivity index (χ4v) is 3.54. The zero-order chi connectivity index (χ0) is 22.1. The monoisotopic (exact) mass is 425 g/mol. The highest BCUT2D eigenvalue weighted by atomic mass is 16.6. The summed E-state index contributed by atoms with van der Waals surface area (Å²) in [5.74, 6) is 0.592. The lowest BCUT2D eigenvalue weighted by atomic mass is 10.2. The van der Waals surface area contributed by atoms with Crippen molar-refractivity contribution >= 4 is 16.9 Å². The third kappa shape index (κ3) is 3.41. The third-order valence-corrected chi connectivity index (χ3v) is 4.87. The van der Waals surface area contributed by atoms with Gasteiger partial charge in [0.1, 0.15) is 5.82 Å². The van der Waals surface area contributed by atoms with Crippen LogP contribution in [0.25, 0.3) is 16.9 Å². The molecule has 0 amide bonds. The van der Waals surface area contributed by atoms with Gasteiger partial charge in [0, 0.05) is 25.2 Å². The Balaban J connectivity index is 2.11. The van der Waals surface area contributed by atoms with E-state index in [1.807, 2.05) is 6.92 Å². The third-order valence-electron chi connectivity index (χ3n) is 4.87. The lowest BCUT2D eigenvalue weighted by Gasteiger charge is -2.11. The van der Waals surface area contributed by atoms with Crippen molar-refractivity contribution in [2.45, 2.75) is 39.8 Å². The second-order valence-electron chi connectivity index (χ2n) is 6.81. The summed E-state index contributed by atoms with van der Waals surface area (Å²) in [5, 5.41) is 14.9. The maximum Gasteiger partial charge on any atom is 0.332 e. The van der Waals surface area contributed by atoms with E-state index in [1.54, 1.807) is 13.0 Å². The SMILES string of the molecule is CCCn1c(=O)c2c(nc(Cc3ncno3)n2-c2cccc([N+](=O)[O-])c2)n(CC)c1=O. The first-order valence-electron chi connectivity index (χ1n) is 9.71. The lowest BCUT2D eigenvalue weighted by molar-refractivity contribution is -0.384. The normalized spacial score (nSPS) is 11.3. The van der Waals surface area contributed by atoms with Crippen molar-refractivity contribution in [2.24, 2.45) is 0 Å². The molecule has 0 radical (unpaired) electrons. The van der Waals surface area contributed by atoms with Crippen LogP contribution in [-0.2, 0) is 19.5 Å². The van der Waals surface area contributed by atoms with Gasteiger partial charge in [-0.1, -0.05) is 18.1 Å². The van der Waals surface area contributed by atoms with Crippen LogP contribution in [0.1, 0.15) is 32.0 Å². The first-order chi connectivity index (χ1) is 15.0. The molecule has 0 fully saturated rings. The fourth-order valence-electron chi connectivity index (χ4n) is 3.54. The number of nitro benzene ring substituents is 1. The molecular weight excluding hydrogens is 406 g/mol. The molecule has 0 N–H and O–H groups in total. The minimum Gasteiger partial charge on any atom is -0.339 e. The smallest absolute Gasteiger partial charge is 0.332 e. The molecule has 0 saturated carbocycles. The Morgan fingerprint density at radius 1 is 1.19 bits per heavy atom. The molecule has 1 aromatic carbocycles. The highest BCUT2D eigenvalue weighted by molar-refractivity contribution is 5.74. The summed E-state index contributed by atoms with van der Waals surface area (Å²) in [4.78, 5) is 45.6. The number of aryl methyl sites for hydroxylation is 1. The molecule has 0 spiro atoms. The Hall–Kier alpha value is -4.09. The first-order valence-corrected chi connectivity index (χ1v) is 9.71. The molecule has 0 unspecified atom stereocenters. The molecule has 0 aliphatic carbocycles. The molecule has 12 heteroatoms. The number of rotatable bonds is 7. The molecule has 160 valence electrons. The van der Waals surface area contributed by atoms with E-state index >= 15 is 0 Å². The predicted octanol–water partition coefficient (Wildman–Crippen LogP) is 1.66. The Morgan fingerprint density at radius 2 is 2.00 bits per heavy atom. The number of hydrogen-bond donors (Lipinski definition) is 0. The van der Waals surface area contributed by atoms with Gasteiger partial charge in [-0.3, -0.25) is 28.6 Å². The number of non-ortho nitro benzene ring substituents is 1. The van der Waals surface area contributed by atoms with Crippen LogP contribution in [0.15, 0.2) is 44.7 Å². The number of fused-ring (bicyclic) bond motifs is 1. The van der Waals surface area contributed by atoms with E-state index in [0.717, 1.165) is 4.57 Å². The Kier molecular flexibility index (Phi) is 5.19. The minimum absolute atomic E-state index is 0.0719.